The molecule has 1 saturated heterocycles. The Hall–Kier alpha value is -2.67. The number of aryl methyl sites for hydroxylation is 2. The third kappa shape index (κ3) is 3.03. The van der Waals surface area contributed by atoms with E-state index in [1.165, 1.54) is 12.1 Å². The van der Waals surface area contributed by atoms with E-state index in [2.05, 4.69) is 0 Å². The van der Waals surface area contributed by atoms with Crippen molar-refractivity contribution < 1.29 is 18.9 Å². The Kier molecular flexibility index (Phi) is 4.35. The summed E-state index contributed by atoms with van der Waals surface area (Å²) in [6.45, 7) is 4.73. The van der Waals surface area contributed by atoms with Crippen molar-refractivity contribution in [2.45, 2.75) is 19.9 Å². The van der Waals surface area contributed by atoms with E-state index >= 15 is 0 Å². The third-order valence-corrected chi connectivity index (χ3v) is 4.12. The SMILES string of the molecule is Cc1ccc(C2COCCN2C(=O)c2ccc([N+](=O)[O-])c(C)c2)o1. The van der Waals surface area contributed by atoms with E-state index in [1.54, 1.807) is 17.9 Å². The van der Waals surface area contributed by atoms with Gasteiger partial charge in [0, 0.05) is 23.7 Å². The normalized spacial score (nSPS) is 17.8. The molecule has 2 heterocycles. The topological polar surface area (TPSA) is 85.8 Å². The number of hydrogen-bond acceptors (Lipinski definition) is 5. The first kappa shape index (κ1) is 16.2. The highest BCUT2D eigenvalue weighted by atomic mass is 16.6. The fourth-order valence-electron chi connectivity index (χ4n) is 2.87. The molecule has 2 aromatic rings. The highest BCUT2D eigenvalue weighted by Gasteiger charge is 2.31. The summed E-state index contributed by atoms with van der Waals surface area (Å²) in [6.07, 6.45) is 0. The standard InChI is InChI=1S/C17H18N2O5/c1-11-9-13(4-5-14(11)19(21)22)17(20)18-7-8-23-10-15(18)16-6-3-12(2)24-16/h3-6,9,15H,7-8,10H2,1-2H3. The number of hydrogen-bond donors (Lipinski definition) is 0. The summed E-state index contributed by atoms with van der Waals surface area (Å²) in [7, 11) is 0. The zero-order valence-electron chi connectivity index (χ0n) is 13.5. The molecule has 1 aromatic carbocycles. The summed E-state index contributed by atoms with van der Waals surface area (Å²) in [4.78, 5) is 25.1. The van der Waals surface area contributed by atoms with Crippen LogP contribution in [0.4, 0.5) is 5.69 Å². The molecule has 0 saturated carbocycles. The van der Waals surface area contributed by atoms with Crippen molar-refractivity contribution in [2.24, 2.45) is 0 Å². The molecule has 24 heavy (non-hydrogen) atoms. The minimum atomic E-state index is -0.452. The molecular formula is C17H18N2O5. The molecule has 0 bridgehead atoms. The van der Waals surface area contributed by atoms with E-state index in [0.29, 0.717) is 36.6 Å². The highest BCUT2D eigenvalue weighted by Crippen LogP contribution is 2.28. The first-order valence-electron chi connectivity index (χ1n) is 7.67. The summed E-state index contributed by atoms with van der Waals surface area (Å²) in [5, 5.41) is 10.9. The number of rotatable bonds is 3. The number of nitro groups is 1. The molecule has 1 aliphatic heterocycles. The molecule has 1 unspecified atom stereocenters. The molecule has 1 atom stereocenters. The second kappa shape index (κ2) is 6.45. The average molecular weight is 330 g/mol. The number of amides is 1. The van der Waals surface area contributed by atoms with Gasteiger partial charge in [-0.2, -0.15) is 0 Å². The molecule has 1 fully saturated rings. The van der Waals surface area contributed by atoms with E-state index in [9.17, 15) is 14.9 Å². The quantitative estimate of drug-likeness (QED) is 0.638. The predicted octanol–water partition coefficient (Wildman–Crippen LogP) is 3.02. The van der Waals surface area contributed by atoms with Gasteiger partial charge in [-0.05, 0) is 38.1 Å². The second-order valence-corrected chi connectivity index (χ2v) is 5.80. The van der Waals surface area contributed by atoms with Crippen LogP contribution >= 0.6 is 0 Å². The van der Waals surface area contributed by atoms with Gasteiger partial charge in [0.2, 0.25) is 0 Å². The Labute approximate surface area is 139 Å². The van der Waals surface area contributed by atoms with E-state index in [1.807, 2.05) is 19.1 Å². The number of morpholine rings is 1. The van der Waals surface area contributed by atoms with Crippen molar-refractivity contribution in [3.8, 4) is 0 Å². The Morgan fingerprint density at radius 3 is 2.71 bits per heavy atom. The average Bonchev–Trinajstić information content (AvgIpc) is 3.00. The maximum Gasteiger partial charge on any atom is 0.272 e. The molecule has 3 rings (SSSR count). The van der Waals surface area contributed by atoms with Crippen molar-refractivity contribution in [3.63, 3.8) is 0 Å². The van der Waals surface area contributed by atoms with Crippen LogP contribution < -0.4 is 0 Å². The Bertz CT molecular complexity index is 783. The fourth-order valence-corrected chi connectivity index (χ4v) is 2.87. The van der Waals surface area contributed by atoms with Gasteiger partial charge in [-0.3, -0.25) is 14.9 Å². The summed E-state index contributed by atoms with van der Waals surface area (Å²) in [5.41, 5.74) is 0.893. The van der Waals surface area contributed by atoms with Crippen molar-refractivity contribution in [2.75, 3.05) is 19.8 Å². The molecular weight excluding hydrogens is 312 g/mol. The van der Waals surface area contributed by atoms with Crippen molar-refractivity contribution in [1.29, 1.82) is 0 Å². The molecule has 1 aromatic heterocycles. The number of ether oxygens (including phenoxy) is 1. The molecule has 7 heteroatoms. The monoisotopic (exact) mass is 330 g/mol. The number of furan rings is 1. The molecule has 7 nitrogen and oxygen atoms in total. The number of nitrogens with zero attached hydrogens (tertiary/aromatic N) is 2. The van der Waals surface area contributed by atoms with Gasteiger partial charge >= 0.3 is 0 Å². The number of carbonyl (C=O) groups excluding carboxylic acids is 1. The van der Waals surface area contributed by atoms with E-state index in [-0.39, 0.29) is 17.6 Å². The molecule has 1 amide bonds. The Balaban J connectivity index is 1.89. The lowest BCUT2D eigenvalue weighted by atomic mass is 10.1. The zero-order chi connectivity index (χ0) is 17.3. The maximum atomic E-state index is 12.9. The lowest BCUT2D eigenvalue weighted by Gasteiger charge is -2.34. The minimum Gasteiger partial charge on any atom is -0.464 e. The van der Waals surface area contributed by atoms with Crippen LogP contribution in [0.5, 0.6) is 0 Å². The molecule has 0 radical (unpaired) electrons. The van der Waals surface area contributed by atoms with Crippen LogP contribution in [0.15, 0.2) is 34.7 Å². The molecule has 0 N–H and O–H groups in total. The Morgan fingerprint density at radius 1 is 1.29 bits per heavy atom. The number of nitro benzene ring substituents is 1. The second-order valence-electron chi connectivity index (χ2n) is 5.80. The number of benzene rings is 1. The van der Waals surface area contributed by atoms with Gasteiger partial charge in [-0.1, -0.05) is 0 Å². The van der Waals surface area contributed by atoms with Crippen LogP contribution in [0.25, 0.3) is 0 Å². The van der Waals surface area contributed by atoms with Crippen LogP contribution in [0, 0.1) is 24.0 Å². The van der Waals surface area contributed by atoms with Gasteiger partial charge in [0.25, 0.3) is 11.6 Å². The van der Waals surface area contributed by atoms with Gasteiger partial charge < -0.3 is 14.1 Å². The zero-order valence-corrected chi connectivity index (χ0v) is 13.5. The van der Waals surface area contributed by atoms with Crippen LogP contribution in [0.3, 0.4) is 0 Å². The van der Waals surface area contributed by atoms with Crippen LogP contribution in [-0.2, 0) is 4.74 Å². The van der Waals surface area contributed by atoms with E-state index in [0.717, 1.165) is 5.76 Å². The van der Waals surface area contributed by atoms with Gasteiger partial charge in [0.05, 0.1) is 18.1 Å². The van der Waals surface area contributed by atoms with Crippen LogP contribution in [0.1, 0.15) is 33.5 Å². The minimum absolute atomic E-state index is 0.00624. The maximum absolute atomic E-state index is 12.9. The number of carbonyl (C=O) groups is 1. The summed E-state index contributed by atoms with van der Waals surface area (Å²) < 4.78 is 11.1. The Morgan fingerprint density at radius 2 is 2.08 bits per heavy atom. The van der Waals surface area contributed by atoms with Crippen molar-refractivity contribution in [1.82, 2.24) is 4.90 Å². The highest BCUT2D eigenvalue weighted by molar-refractivity contribution is 5.95. The van der Waals surface area contributed by atoms with Crippen LogP contribution in [0.2, 0.25) is 0 Å². The van der Waals surface area contributed by atoms with Gasteiger partial charge in [-0.15, -0.1) is 0 Å². The molecule has 126 valence electrons. The lowest BCUT2D eigenvalue weighted by Crippen LogP contribution is -2.43. The fraction of sp³-hybridized carbons (Fsp3) is 0.353. The first-order valence-corrected chi connectivity index (χ1v) is 7.67. The third-order valence-electron chi connectivity index (χ3n) is 4.12. The molecule has 1 aliphatic rings. The van der Waals surface area contributed by atoms with Gasteiger partial charge in [0.1, 0.15) is 17.6 Å². The van der Waals surface area contributed by atoms with E-state index in [4.69, 9.17) is 9.15 Å². The lowest BCUT2D eigenvalue weighted by molar-refractivity contribution is -0.385. The van der Waals surface area contributed by atoms with Gasteiger partial charge in [-0.25, -0.2) is 0 Å². The van der Waals surface area contributed by atoms with Crippen molar-refractivity contribution >= 4 is 11.6 Å². The first-order chi connectivity index (χ1) is 11.5. The van der Waals surface area contributed by atoms with Crippen molar-refractivity contribution in [3.05, 3.63) is 63.1 Å². The molecule has 0 aliphatic carbocycles. The summed E-state index contributed by atoms with van der Waals surface area (Å²) >= 11 is 0. The van der Waals surface area contributed by atoms with Gasteiger partial charge in [0.15, 0.2) is 0 Å². The molecule has 0 spiro atoms. The smallest absolute Gasteiger partial charge is 0.272 e. The predicted molar refractivity (Wildman–Crippen MR) is 85.9 cm³/mol. The van der Waals surface area contributed by atoms with Crippen LogP contribution in [-0.4, -0.2) is 35.5 Å². The largest absolute Gasteiger partial charge is 0.464 e. The van der Waals surface area contributed by atoms with E-state index < -0.39 is 4.92 Å². The summed E-state index contributed by atoms with van der Waals surface area (Å²) in [6, 6.07) is 7.82. The summed E-state index contributed by atoms with van der Waals surface area (Å²) in [5.74, 6) is 1.27.